The number of nitrogens with two attached hydrogens (primary N) is 1. The Morgan fingerprint density at radius 1 is 0.895 bits per heavy atom. The number of anilines is 1. The summed E-state index contributed by atoms with van der Waals surface area (Å²) in [5, 5.41) is 2.76. The first-order valence-electron chi connectivity index (χ1n) is 5.85. The van der Waals surface area contributed by atoms with Crippen molar-refractivity contribution in [3.8, 4) is 22.1 Å². The fraction of sp³-hybridized carbons (Fsp3) is 0. The monoisotopic (exact) mass is 268 g/mol. The van der Waals surface area contributed by atoms with Gasteiger partial charge in [-0.15, -0.1) is 11.3 Å². The summed E-state index contributed by atoms with van der Waals surface area (Å²) in [6, 6.07) is 17.5. The molecule has 0 radical (unpaired) electrons. The van der Waals surface area contributed by atoms with E-state index in [1.165, 1.54) is 11.3 Å². The standard InChI is InChI=1S/C15H12N2OS/c16-14-10-19-15(17-14)11-6-8-13(9-7-11)18-12-4-2-1-3-5-12/h1-10H,16H2. The number of rotatable bonds is 3. The van der Waals surface area contributed by atoms with E-state index in [1.807, 2.05) is 60.0 Å². The molecule has 0 aliphatic carbocycles. The summed E-state index contributed by atoms with van der Waals surface area (Å²) < 4.78 is 5.73. The molecule has 0 bridgehead atoms. The number of nitrogens with zero attached hydrogens (tertiary/aromatic N) is 1. The first-order valence-corrected chi connectivity index (χ1v) is 6.73. The van der Waals surface area contributed by atoms with Crippen molar-refractivity contribution < 1.29 is 4.74 Å². The smallest absolute Gasteiger partial charge is 0.135 e. The zero-order chi connectivity index (χ0) is 13.1. The number of hydrogen-bond acceptors (Lipinski definition) is 4. The quantitative estimate of drug-likeness (QED) is 0.775. The highest BCUT2D eigenvalue weighted by Gasteiger charge is 2.03. The Kier molecular flexibility index (Phi) is 3.16. The van der Waals surface area contributed by atoms with Crippen molar-refractivity contribution in [2.24, 2.45) is 0 Å². The molecule has 0 saturated carbocycles. The number of hydrogen-bond donors (Lipinski definition) is 1. The zero-order valence-electron chi connectivity index (χ0n) is 10.1. The Bertz CT molecular complexity index is 662. The number of nitrogen functional groups attached to an aromatic ring is 1. The number of thiazole rings is 1. The third kappa shape index (κ3) is 2.74. The van der Waals surface area contributed by atoms with Gasteiger partial charge in [0.2, 0.25) is 0 Å². The summed E-state index contributed by atoms with van der Waals surface area (Å²) in [4.78, 5) is 4.25. The van der Waals surface area contributed by atoms with Gasteiger partial charge in [-0.1, -0.05) is 18.2 Å². The van der Waals surface area contributed by atoms with Crippen molar-refractivity contribution in [2.75, 3.05) is 5.73 Å². The molecular formula is C15H12N2OS. The molecule has 3 rings (SSSR count). The van der Waals surface area contributed by atoms with Crippen molar-refractivity contribution >= 4 is 17.2 Å². The second kappa shape index (κ2) is 5.12. The summed E-state index contributed by atoms with van der Waals surface area (Å²) >= 11 is 1.54. The predicted octanol–water partition coefficient (Wildman–Crippen LogP) is 4.18. The molecule has 0 fully saturated rings. The summed E-state index contributed by atoms with van der Waals surface area (Å²) in [5.74, 6) is 2.19. The van der Waals surface area contributed by atoms with Crippen molar-refractivity contribution in [1.82, 2.24) is 4.98 Å². The highest BCUT2D eigenvalue weighted by atomic mass is 32.1. The van der Waals surface area contributed by atoms with Gasteiger partial charge in [0.15, 0.2) is 0 Å². The van der Waals surface area contributed by atoms with Crippen LogP contribution in [-0.2, 0) is 0 Å². The average Bonchev–Trinajstić information content (AvgIpc) is 2.87. The fourth-order valence-corrected chi connectivity index (χ4v) is 2.42. The lowest BCUT2D eigenvalue weighted by Crippen LogP contribution is -1.85. The Balaban J connectivity index is 1.79. The minimum absolute atomic E-state index is 0.560. The first-order chi connectivity index (χ1) is 9.31. The molecular weight excluding hydrogens is 256 g/mol. The van der Waals surface area contributed by atoms with Crippen LogP contribution in [0, 0.1) is 0 Å². The van der Waals surface area contributed by atoms with Crippen LogP contribution in [-0.4, -0.2) is 4.98 Å². The molecule has 1 heterocycles. The van der Waals surface area contributed by atoms with Gasteiger partial charge >= 0.3 is 0 Å². The van der Waals surface area contributed by atoms with E-state index >= 15 is 0 Å². The summed E-state index contributed by atoms with van der Waals surface area (Å²) in [5.41, 5.74) is 6.67. The summed E-state index contributed by atoms with van der Waals surface area (Å²) in [7, 11) is 0. The largest absolute Gasteiger partial charge is 0.457 e. The number of benzene rings is 2. The van der Waals surface area contributed by atoms with Gasteiger partial charge in [-0.05, 0) is 36.4 Å². The first kappa shape index (κ1) is 11.7. The van der Waals surface area contributed by atoms with E-state index in [4.69, 9.17) is 10.5 Å². The molecule has 0 aliphatic rings. The van der Waals surface area contributed by atoms with Crippen LogP contribution in [0.2, 0.25) is 0 Å². The van der Waals surface area contributed by atoms with E-state index in [0.717, 1.165) is 22.1 Å². The minimum atomic E-state index is 0.560. The van der Waals surface area contributed by atoms with E-state index in [-0.39, 0.29) is 0 Å². The van der Waals surface area contributed by atoms with Gasteiger partial charge in [-0.3, -0.25) is 0 Å². The van der Waals surface area contributed by atoms with Gasteiger partial charge in [0.25, 0.3) is 0 Å². The predicted molar refractivity (Wildman–Crippen MR) is 78.5 cm³/mol. The van der Waals surface area contributed by atoms with Crippen molar-refractivity contribution in [3.05, 3.63) is 60.0 Å². The number of ether oxygens (including phenoxy) is 1. The second-order valence-electron chi connectivity index (χ2n) is 4.02. The highest BCUT2D eigenvalue weighted by molar-refractivity contribution is 7.13. The van der Waals surface area contributed by atoms with Crippen LogP contribution < -0.4 is 10.5 Å². The van der Waals surface area contributed by atoms with Gasteiger partial charge < -0.3 is 10.5 Å². The van der Waals surface area contributed by atoms with Crippen LogP contribution in [0.1, 0.15) is 0 Å². The van der Waals surface area contributed by atoms with E-state index < -0.39 is 0 Å². The Morgan fingerprint density at radius 3 is 2.21 bits per heavy atom. The van der Waals surface area contributed by atoms with Crippen molar-refractivity contribution in [3.63, 3.8) is 0 Å². The topological polar surface area (TPSA) is 48.1 Å². The van der Waals surface area contributed by atoms with Gasteiger partial charge in [-0.25, -0.2) is 4.98 Å². The van der Waals surface area contributed by atoms with Crippen LogP contribution in [0.5, 0.6) is 11.5 Å². The zero-order valence-corrected chi connectivity index (χ0v) is 10.9. The maximum atomic E-state index is 5.73. The summed E-state index contributed by atoms with van der Waals surface area (Å²) in [6.07, 6.45) is 0. The average molecular weight is 268 g/mol. The molecule has 0 atom stereocenters. The van der Waals surface area contributed by atoms with E-state index in [2.05, 4.69) is 4.98 Å². The lowest BCUT2D eigenvalue weighted by Gasteiger charge is -2.05. The minimum Gasteiger partial charge on any atom is -0.457 e. The molecule has 4 heteroatoms. The third-order valence-corrected chi connectivity index (χ3v) is 3.51. The molecule has 2 aromatic carbocycles. The molecule has 0 spiro atoms. The number of aromatic nitrogens is 1. The van der Waals surface area contributed by atoms with Crippen LogP contribution in [0.3, 0.4) is 0 Å². The molecule has 1 aromatic heterocycles. The molecule has 3 aromatic rings. The Morgan fingerprint density at radius 2 is 1.58 bits per heavy atom. The van der Waals surface area contributed by atoms with Crippen LogP contribution >= 0.6 is 11.3 Å². The van der Waals surface area contributed by atoms with E-state index in [9.17, 15) is 0 Å². The lowest BCUT2D eigenvalue weighted by molar-refractivity contribution is 0.483. The van der Waals surface area contributed by atoms with Gasteiger partial charge in [-0.2, -0.15) is 0 Å². The van der Waals surface area contributed by atoms with Crippen molar-refractivity contribution in [1.29, 1.82) is 0 Å². The SMILES string of the molecule is Nc1csc(-c2ccc(Oc3ccccc3)cc2)n1. The lowest BCUT2D eigenvalue weighted by atomic mass is 10.2. The normalized spacial score (nSPS) is 10.3. The highest BCUT2D eigenvalue weighted by Crippen LogP contribution is 2.28. The Labute approximate surface area is 115 Å². The van der Waals surface area contributed by atoms with Gasteiger partial charge in [0, 0.05) is 10.9 Å². The maximum Gasteiger partial charge on any atom is 0.135 e. The second-order valence-corrected chi connectivity index (χ2v) is 4.88. The van der Waals surface area contributed by atoms with Gasteiger partial charge in [0.05, 0.1) is 0 Å². The fourth-order valence-electron chi connectivity index (χ4n) is 1.71. The van der Waals surface area contributed by atoms with Gasteiger partial charge in [0.1, 0.15) is 22.3 Å². The number of para-hydroxylation sites is 1. The molecule has 94 valence electrons. The van der Waals surface area contributed by atoms with Crippen LogP contribution in [0.15, 0.2) is 60.0 Å². The molecule has 0 amide bonds. The van der Waals surface area contributed by atoms with Crippen molar-refractivity contribution in [2.45, 2.75) is 0 Å². The van der Waals surface area contributed by atoms with Crippen LogP contribution in [0.25, 0.3) is 10.6 Å². The molecule has 19 heavy (non-hydrogen) atoms. The molecule has 0 saturated heterocycles. The maximum absolute atomic E-state index is 5.73. The summed E-state index contributed by atoms with van der Waals surface area (Å²) in [6.45, 7) is 0. The molecule has 3 nitrogen and oxygen atoms in total. The third-order valence-electron chi connectivity index (χ3n) is 2.60. The van der Waals surface area contributed by atoms with Crippen LogP contribution in [0.4, 0.5) is 5.82 Å². The van der Waals surface area contributed by atoms with E-state index in [0.29, 0.717) is 5.82 Å². The molecule has 0 unspecified atom stereocenters. The molecule has 2 N–H and O–H groups in total. The Hall–Kier alpha value is -2.33. The molecule has 0 aliphatic heterocycles. The van der Waals surface area contributed by atoms with E-state index in [1.54, 1.807) is 0 Å².